The van der Waals surface area contributed by atoms with Crippen molar-refractivity contribution in [2.45, 2.75) is 62.0 Å². The summed E-state index contributed by atoms with van der Waals surface area (Å²) in [5.74, 6) is -0.0786. The molecular formula is C37H36N2O7S. The second-order valence-electron chi connectivity index (χ2n) is 11.5. The van der Waals surface area contributed by atoms with Crippen molar-refractivity contribution in [1.82, 2.24) is 10.2 Å². The average Bonchev–Trinajstić information content (AvgIpc) is 3.38. The highest BCUT2D eigenvalue weighted by Crippen LogP contribution is 2.39. The van der Waals surface area contributed by atoms with Crippen LogP contribution < -0.4 is 5.32 Å². The highest BCUT2D eigenvalue weighted by molar-refractivity contribution is 7.99. The number of alkyl carbamates (subject to hydrolysis) is 1. The Morgan fingerprint density at radius 3 is 2.19 bits per heavy atom. The molecule has 2 saturated heterocycles. The number of ether oxygens (including phenoxy) is 3. The third kappa shape index (κ3) is 8.47. The lowest BCUT2D eigenvalue weighted by Gasteiger charge is -2.36. The molecule has 4 aromatic rings. The minimum atomic E-state index is -0.969. The number of aliphatic hydroxyl groups is 1. The number of carbonyl (C=O) groups excluding carboxylic acids is 3. The Hall–Kier alpha value is -4.48. The SMILES string of the molecule is O=C(NC1CC(=O)N(Cc2ccc([C@H]3O[C@@H](CSc4ccccc4)C[C@@H](c4ccc(CO)cc4)O3)cc2)C1=O)OCc1ccccc1. The van der Waals surface area contributed by atoms with Crippen molar-refractivity contribution in [2.75, 3.05) is 5.75 Å². The second kappa shape index (κ2) is 15.4. The molecule has 0 bridgehead atoms. The monoisotopic (exact) mass is 652 g/mol. The maximum atomic E-state index is 13.0. The minimum absolute atomic E-state index is 0.0205. The second-order valence-corrected chi connectivity index (χ2v) is 12.6. The number of imide groups is 1. The Kier molecular flexibility index (Phi) is 10.6. The molecule has 0 aliphatic carbocycles. The number of carbonyl (C=O) groups is 3. The molecule has 4 aromatic carbocycles. The van der Waals surface area contributed by atoms with Crippen LogP contribution in [0.2, 0.25) is 0 Å². The zero-order valence-electron chi connectivity index (χ0n) is 25.7. The normalized spacial score (nSPS) is 21.1. The van der Waals surface area contributed by atoms with Crippen molar-refractivity contribution < 1.29 is 33.7 Å². The Balaban J connectivity index is 1.08. The van der Waals surface area contributed by atoms with Crippen LogP contribution in [0.5, 0.6) is 0 Å². The summed E-state index contributed by atoms with van der Waals surface area (Å²) in [5, 5.41) is 12.0. The van der Waals surface area contributed by atoms with Crippen molar-refractivity contribution in [2.24, 2.45) is 0 Å². The summed E-state index contributed by atoms with van der Waals surface area (Å²) in [6.45, 7) is 0.125. The molecule has 10 heteroatoms. The van der Waals surface area contributed by atoms with Gasteiger partial charge in [0.15, 0.2) is 6.29 Å². The number of likely N-dealkylation sites (tertiary alicyclic amines) is 1. The van der Waals surface area contributed by atoms with Gasteiger partial charge in [-0.3, -0.25) is 14.5 Å². The fourth-order valence-electron chi connectivity index (χ4n) is 5.56. The van der Waals surface area contributed by atoms with Gasteiger partial charge < -0.3 is 24.6 Å². The topological polar surface area (TPSA) is 114 Å². The number of hydrogen-bond acceptors (Lipinski definition) is 8. The molecule has 2 N–H and O–H groups in total. The van der Waals surface area contributed by atoms with Crippen LogP contribution in [0.15, 0.2) is 114 Å². The predicted octanol–water partition coefficient (Wildman–Crippen LogP) is 6.07. The summed E-state index contributed by atoms with van der Waals surface area (Å²) < 4.78 is 18.1. The number of nitrogens with zero attached hydrogens (tertiary/aromatic N) is 1. The van der Waals surface area contributed by atoms with Gasteiger partial charge >= 0.3 is 6.09 Å². The number of hydrogen-bond donors (Lipinski definition) is 2. The summed E-state index contributed by atoms with van der Waals surface area (Å²) >= 11 is 1.74. The molecule has 0 aromatic heterocycles. The third-order valence-electron chi connectivity index (χ3n) is 8.14. The first-order chi connectivity index (χ1) is 22.9. The number of thioether (sulfide) groups is 1. The molecule has 3 amide bonds. The van der Waals surface area contributed by atoms with Crippen LogP contribution in [0.3, 0.4) is 0 Å². The van der Waals surface area contributed by atoms with Gasteiger partial charge in [-0.15, -0.1) is 11.8 Å². The van der Waals surface area contributed by atoms with E-state index in [0.717, 1.165) is 38.5 Å². The molecule has 47 heavy (non-hydrogen) atoms. The van der Waals surface area contributed by atoms with Crippen LogP contribution >= 0.6 is 11.8 Å². The van der Waals surface area contributed by atoms with E-state index in [-0.39, 0.29) is 44.3 Å². The Bertz CT molecular complexity index is 1650. The molecule has 2 heterocycles. The van der Waals surface area contributed by atoms with Crippen LogP contribution in [0.4, 0.5) is 4.79 Å². The van der Waals surface area contributed by atoms with Gasteiger partial charge in [0.25, 0.3) is 5.91 Å². The molecular weight excluding hydrogens is 616 g/mol. The maximum absolute atomic E-state index is 13.0. The van der Waals surface area contributed by atoms with Gasteiger partial charge in [-0.25, -0.2) is 4.79 Å². The molecule has 0 saturated carbocycles. The van der Waals surface area contributed by atoms with Crippen molar-refractivity contribution in [3.8, 4) is 0 Å². The Morgan fingerprint density at radius 1 is 0.830 bits per heavy atom. The molecule has 2 fully saturated rings. The zero-order chi connectivity index (χ0) is 32.6. The average molecular weight is 653 g/mol. The van der Waals surface area contributed by atoms with Crippen molar-refractivity contribution in [3.05, 3.63) is 137 Å². The molecule has 2 aliphatic rings. The van der Waals surface area contributed by atoms with E-state index >= 15 is 0 Å². The van der Waals surface area contributed by atoms with E-state index in [2.05, 4.69) is 17.4 Å². The van der Waals surface area contributed by atoms with E-state index in [1.165, 1.54) is 4.90 Å². The van der Waals surface area contributed by atoms with E-state index < -0.39 is 24.3 Å². The smallest absolute Gasteiger partial charge is 0.408 e. The van der Waals surface area contributed by atoms with Crippen molar-refractivity contribution in [3.63, 3.8) is 0 Å². The van der Waals surface area contributed by atoms with Crippen molar-refractivity contribution >= 4 is 29.7 Å². The quantitative estimate of drug-likeness (QED) is 0.148. The molecule has 1 unspecified atom stereocenters. The zero-order valence-corrected chi connectivity index (χ0v) is 26.5. The van der Waals surface area contributed by atoms with Crippen LogP contribution in [0, 0.1) is 0 Å². The highest BCUT2D eigenvalue weighted by atomic mass is 32.2. The molecule has 2 aliphatic heterocycles. The molecule has 0 spiro atoms. The van der Waals surface area contributed by atoms with Crippen LogP contribution in [0.25, 0.3) is 0 Å². The first kappa shape index (κ1) is 32.5. The summed E-state index contributed by atoms with van der Waals surface area (Å²) in [6.07, 6.45) is -1.09. The number of amides is 3. The standard InChI is InChI=1S/C37H36N2O7S/c40-22-26-13-15-28(16-14-26)33-19-30(24-47-31-9-5-2-6-10-31)45-36(46-33)29-17-11-25(12-18-29)21-39-34(41)20-32(35(39)42)38-37(43)44-23-27-7-3-1-4-8-27/h1-18,30,32-33,36,40H,19-24H2,(H,38,43)/t30-,32?,33+,36+/m1/s1. The fraction of sp³-hybridized carbons (Fsp3) is 0.270. The Labute approximate surface area is 277 Å². The van der Waals surface area contributed by atoms with E-state index in [1.54, 1.807) is 11.8 Å². The summed E-state index contributed by atoms with van der Waals surface area (Å²) in [6, 6.07) is 33.7. The largest absolute Gasteiger partial charge is 0.445 e. The van der Waals surface area contributed by atoms with Gasteiger partial charge in [-0.05, 0) is 34.4 Å². The number of benzene rings is 4. The van der Waals surface area contributed by atoms with Crippen LogP contribution in [0.1, 0.15) is 53.1 Å². The van der Waals surface area contributed by atoms with E-state index in [4.69, 9.17) is 14.2 Å². The fourth-order valence-corrected chi connectivity index (χ4v) is 6.50. The van der Waals surface area contributed by atoms with Gasteiger partial charge in [0.1, 0.15) is 12.6 Å². The maximum Gasteiger partial charge on any atom is 0.408 e. The first-order valence-electron chi connectivity index (χ1n) is 15.5. The van der Waals surface area contributed by atoms with Crippen LogP contribution in [-0.2, 0) is 43.6 Å². The number of nitrogens with one attached hydrogen (secondary N) is 1. The molecule has 242 valence electrons. The summed E-state index contributed by atoms with van der Waals surface area (Å²) in [5.41, 5.74) is 4.24. The van der Waals surface area contributed by atoms with Gasteiger partial charge in [-0.1, -0.05) is 97.1 Å². The highest BCUT2D eigenvalue weighted by Gasteiger charge is 2.40. The summed E-state index contributed by atoms with van der Waals surface area (Å²) in [4.78, 5) is 40.4. The van der Waals surface area contributed by atoms with E-state index in [9.17, 15) is 19.5 Å². The summed E-state index contributed by atoms with van der Waals surface area (Å²) in [7, 11) is 0. The lowest BCUT2D eigenvalue weighted by atomic mass is 10.0. The molecule has 6 rings (SSSR count). The Morgan fingerprint density at radius 2 is 1.49 bits per heavy atom. The van der Waals surface area contributed by atoms with Crippen LogP contribution in [-0.4, -0.2) is 45.8 Å². The number of aliphatic hydroxyl groups excluding tert-OH is 1. The number of rotatable bonds is 11. The minimum Gasteiger partial charge on any atom is -0.445 e. The van der Waals surface area contributed by atoms with Gasteiger partial charge in [0.2, 0.25) is 5.91 Å². The van der Waals surface area contributed by atoms with Gasteiger partial charge in [0.05, 0.1) is 31.8 Å². The van der Waals surface area contributed by atoms with E-state index in [0.29, 0.717) is 6.42 Å². The predicted molar refractivity (Wildman–Crippen MR) is 176 cm³/mol. The lowest BCUT2D eigenvalue weighted by Crippen LogP contribution is -2.41. The van der Waals surface area contributed by atoms with Gasteiger partial charge in [0, 0.05) is 22.6 Å². The van der Waals surface area contributed by atoms with Gasteiger partial charge in [-0.2, -0.15) is 0 Å². The molecule has 9 nitrogen and oxygen atoms in total. The molecule has 0 radical (unpaired) electrons. The third-order valence-corrected chi connectivity index (χ3v) is 9.28. The first-order valence-corrected chi connectivity index (χ1v) is 16.5. The van der Waals surface area contributed by atoms with E-state index in [1.807, 2.05) is 97.1 Å². The van der Waals surface area contributed by atoms with Crippen molar-refractivity contribution in [1.29, 1.82) is 0 Å². The molecule has 4 atom stereocenters. The lowest BCUT2D eigenvalue weighted by molar-refractivity contribution is -0.245.